The Bertz CT molecular complexity index is 374. The zero-order chi connectivity index (χ0) is 11.4. The van der Waals surface area contributed by atoms with Gasteiger partial charge in [0.05, 0.1) is 12.8 Å². The molecule has 1 atom stereocenters. The molecule has 0 fully saturated rings. The summed E-state index contributed by atoms with van der Waals surface area (Å²) in [6.07, 6.45) is 1.41. The highest BCUT2D eigenvalue weighted by atomic mass is 16.3. The molecule has 0 aliphatic carbocycles. The average molecular weight is 213 g/mol. The van der Waals surface area contributed by atoms with E-state index in [-0.39, 0.29) is 6.61 Å². The molecule has 1 unspecified atom stereocenters. The van der Waals surface area contributed by atoms with E-state index in [1.165, 1.54) is 17.8 Å². The van der Waals surface area contributed by atoms with Gasteiger partial charge in [0, 0.05) is 0 Å². The maximum atomic E-state index is 11.3. The van der Waals surface area contributed by atoms with Crippen LogP contribution in [0.1, 0.15) is 18.7 Å². The van der Waals surface area contributed by atoms with E-state index >= 15 is 0 Å². The van der Waals surface area contributed by atoms with Gasteiger partial charge in [-0.2, -0.15) is 0 Å². The molecule has 0 aromatic carbocycles. The van der Waals surface area contributed by atoms with E-state index in [4.69, 9.17) is 10.8 Å². The number of rotatable bonds is 3. The summed E-state index contributed by atoms with van der Waals surface area (Å²) in [5.74, 6) is -0.586. The predicted octanol–water partition coefficient (Wildman–Crippen LogP) is -1.47. The molecule has 8 heteroatoms. The highest BCUT2D eigenvalue weighted by Gasteiger charge is 2.17. The minimum Gasteiger partial charge on any atom is -0.390 e. The molecule has 3 amide bonds. The SMILES string of the molecule is CC(C(=O)NC(N)=O)n1cc(CO)nn1. The van der Waals surface area contributed by atoms with Crippen LogP contribution in [-0.2, 0) is 11.4 Å². The van der Waals surface area contributed by atoms with Crippen molar-refractivity contribution in [3.05, 3.63) is 11.9 Å². The molecule has 1 rings (SSSR count). The van der Waals surface area contributed by atoms with Crippen LogP contribution in [0.4, 0.5) is 4.79 Å². The van der Waals surface area contributed by atoms with Gasteiger partial charge in [-0.3, -0.25) is 10.1 Å². The van der Waals surface area contributed by atoms with Gasteiger partial charge in [0.15, 0.2) is 0 Å². The third-order valence-corrected chi connectivity index (χ3v) is 1.74. The van der Waals surface area contributed by atoms with Gasteiger partial charge < -0.3 is 10.8 Å². The molecule has 4 N–H and O–H groups in total. The van der Waals surface area contributed by atoms with Crippen LogP contribution >= 0.6 is 0 Å². The third kappa shape index (κ3) is 2.74. The van der Waals surface area contributed by atoms with Gasteiger partial charge in [0.1, 0.15) is 11.7 Å². The van der Waals surface area contributed by atoms with Crippen molar-refractivity contribution in [3.8, 4) is 0 Å². The first kappa shape index (κ1) is 11.1. The minimum atomic E-state index is -0.922. The number of carbonyl (C=O) groups excluding carboxylic acids is 2. The monoisotopic (exact) mass is 213 g/mol. The van der Waals surface area contributed by atoms with Gasteiger partial charge in [-0.25, -0.2) is 9.48 Å². The van der Waals surface area contributed by atoms with Crippen molar-refractivity contribution in [1.29, 1.82) is 0 Å². The Hall–Kier alpha value is -1.96. The lowest BCUT2D eigenvalue weighted by atomic mass is 10.3. The number of nitrogens with one attached hydrogen (secondary N) is 1. The number of aliphatic hydroxyl groups is 1. The Kier molecular flexibility index (Phi) is 3.34. The number of nitrogens with two attached hydrogens (primary N) is 1. The summed E-state index contributed by atoms with van der Waals surface area (Å²) in [6.45, 7) is 1.26. The Balaban J connectivity index is 2.71. The number of aliphatic hydroxyl groups excluding tert-OH is 1. The van der Waals surface area contributed by atoms with Gasteiger partial charge in [-0.1, -0.05) is 5.21 Å². The number of carbonyl (C=O) groups is 2. The van der Waals surface area contributed by atoms with Gasteiger partial charge in [-0.15, -0.1) is 5.10 Å². The number of hydrogen-bond acceptors (Lipinski definition) is 5. The summed E-state index contributed by atoms with van der Waals surface area (Å²) in [4.78, 5) is 21.7. The maximum Gasteiger partial charge on any atom is 0.318 e. The Labute approximate surface area is 85.1 Å². The number of nitrogens with zero attached hydrogens (tertiary/aromatic N) is 3. The molecule has 0 bridgehead atoms. The Morgan fingerprint density at radius 3 is 2.87 bits per heavy atom. The summed E-state index contributed by atoms with van der Waals surface area (Å²) >= 11 is 0. The summed E-state index contributed by atoms with van der Waals surface area (Å²) in [7, 11) is 0. The molecule has 0 aliphatic heterocycles. The lowest BCUT2D eigenvalue weighted by Gasteiger charge is -2.08. The van der Waals surface area contributed by atoms with E-state index in [9.17, 15) is 9.59 Å². The fourth-order valence-corrected chi connectivity index (χ4v) is 0.921. The van der Waals surface area contributed by atoms with Gasteiger partial charge in [0.2, 0.25) is 0 Å². The highest BCUT2D eigenvalue weighted by Crippen LogP contribution is 2.04. The summed E-state index contributed by atoms with van der Waals surface area (Å²) in [5.41, 5.74) is 5.13. The second-order valence-corrected chi connectivity index (χ2v) is 2.88. The van der Waals surface area contributed by atoms with E-state index in [0.29, 0.717) is 5.69 Å². The fraction of sp³-hybridized carbons (Fsp3) is 0.429. The molecular formula is C7H11N5O3. The first-order valence-electron chi connectivity index (χ1n) is 4.16. The van der Waals surface area contributed by atoms with E-state index in [1.54, 1.807) is 0 Å². The van der Waals surface area contributed by atoms with Crippen molar-refractivity contribution in [2.24, 2.45) is 5.73 Å². The minimum absolute atomic E-state index is 0.260. The van der Waals surface area contributed by atoms with Crippen molar-refractivity contribution in [2.45, 2.75) is 19.6 Å². The zero-order valence-corrected chi connectivity index (χ0v) is 8.04. The molecule has 1 aromatic rings. The lowest BCUT2D eigenvalue weighted by molar-refractivity contribution is -0.123. The molecule has 0 saturated carbocycles. The largest absolute Gasteiger partial charge is 0.390 e. The number of amides is 3. The molecule has 82 valence electrons. The topological polar surface area (TPSA) is 123 Å². The zero-order valence-electron chi connectivity index (χ0n) is 8.04. The standard InChI is InChI=1S/C7H11N5O3/c1-4(6(14)9-7(8)15)12-2-5(3-13)10-11-12/h2,4,13H,3H2,1H3,(H3,8,9,14,15). The molecule has 0 aliphatic rings. The van der Waals surface area contributed by atoms with Crippen LogP contribution in [-0.4, -0.2) is 32.0 Å². The summed E-state index contributed by atoms with van der Waals surface area (Å²) < 4.78 is 1.23. The smallest absolute Gasteiger partial charge is 0.318 e. The van der Waals surface area contributed by atoms with Crippen LogP contribution in [0.25, 0.3) is 0 Å². The van der Waals surface area contributed by atoms with Gasteiger partial charge in [0.25, 0.3) is 5.91 Å². The summed E-state index contributed by atoms with van der Waals surface area (Å²) in [6, 6.07) is -1.64. The van der Waals surface area contributed by atoms with Crippen LogP contribution in [0.3, 0.4) is 0 Å². The molecular weight excluding hydrogens is 202 g/mol. The van der Waals surface area contributed by atoms with Crippen molar-refractivity contribution in [2.75, 3.05) is 0 Å². The molecule has 8 nitrogen and oxygen atoms in total. The number of hydrogen-bond donors (Lipinski definition) is 3. The third-order valence-electron chi connectivity index (χ3n) is 1.74. The van der Waals surface area contributed by atoms with Crippen molar-refractivity contribution >= 4 is 11.9 Å². The number of urea groups is 1. The summed E-state index contributed by atoms with van der Waals surface area (Å²) in [5, 5.41) is 17.8. The fourth-order valence-electron chi connectivity index (χ4n) is 0.921. The van der Waals surface area contributed by atoms with Crippen LogP contribution in [0.15, 0.2) is 6.20 Å². The second kappa shape index (κ2) is 4.51. The van der Waals surface area contributed by atoms with E-state index in [2.05, 4.69) is 10.3 Å². The average Bonchev–Trinajstić information content (AvgIpc) is 2.63. The first-order chi connectivity index (χ1) is 7.04. The number of imide groups is 1. The normalized spacial score (nSPS) is 12.1. The van der Waals surface area contributed by atoms with Crippen LogP contribution in [0.5, 0.6) is 0 Å². The highest BCUT2D eigenvalue weighted by molar-refractivity contribution is 5.95. The first-order valence-corrected chi connectivity index (χ1v) is 4.16. The Morgan fingerprint density at radius 1 is 1.73 bits per heavy atom. The van der Waals surface area contributed by atoms with Gasteiger partial charge in [-0.05, 0) is 6.92 Å². The molecule has 0 spiro atoms. The maximum absolute atomic E-state index is 11.3. The van der Waals surface area contributed by atoms with Crippen molar-refractivity contribution in [1.82, 2.24) is 20.3 Å². The second-order valence-electron chi connectivity index (χ2n) is 2.88. The quantitative estimate of drug-likeness (QED) is 0.565. The van der Waals surface area contributed by atoms with E-state index in [1.807, 2.05) is 5.32 Å². The molecule has 0 saturated heterocycles. The van der Waals surface area contributed by atoms with Crippen LogP contribution in [0, 0.1) is 0 Å². The Morgan fingerprint density at radius 2 is 2.40 bits per heavy atom. The number of primary amides is 1. The van der Waals surface area contributed by atoms with E-state index < -0.39 is 18.0 Å². The van der Waals surface area contributed by atoms with Crippen LogP contribution < -0.4 is 11.1 Å². The van der Waals surface area contributed by atoms with E-state index in [0.717, 1.165) is 0 Å². The van der Waals surface area contributed by atoms with Crippen molar-refractivity contribution < 1.29 is 14.7 Å². The van der Waals surface area contributed by atoms with Crippen molar-refractivity contribution in [3.63, 3.8) is 0 Å². The lowest BCUT2D eigenvalue weighted by Crippen LogP contribution is -2.39. The van der Waals surface area contributed by atoms with Gasteiger partial charge >= 0.3 is 6.03 Å². The molecule has 0 radical (unpaired) electrons. The number of aromatic nitrogens is 3. The molecule has 15 heavy (non-hydrogen) atoms. The van der Waals surface area contributed by atoms with Crippen LogP contribution in [0.2, 0.25) is 0 Å². The predicted molar refractivity (Wildman–Crippen MR) is 48.4 cm³/mol. The molecule has 1 heterocycles. The molecule has 1 aromatic heterocycles.